The first-order chi connectivity index (χ1) is 6.18. The molecule has 0 spiro atoms. The van der Waals surface area contributed by atoms with Crippen LogP contribution in [0.1, 0.15) is 12.8 Å². The summed E-state index contributed by atoms with van der Waals surface area (Å²) in [6.45, 7) is 0. The van der Waals surface area contributed by atoms with E-state index in [1.165, 1.54) is 11.3 Å². The SMILES string of the molecule is O=C(O)CCC(=O)Nc1nccs1. The quantitative estimate of drug-likeness (QED) is 0.758. The summed E-state index contributed by atoms with van der Waals surface area (Å²) < 4.78 is 0. The van der Waals surface area contributed by atoms with Gasteiger partial charge in [-0.15, -0.1) is 11.3 Å². The summed E-state index contributed by atoms with van der Waals surface area (Å²) in [6, 6.07) is 0. The maximum Gasteiger partial charge on any atom is 0.303 e. The number of aromatic nitrogens is 1. The number of rotatable bonds is 4. The van der Waals surface area contributed by atoms with Gasteiger partial charge in [0.1, 0.15) is 0 Å². The number of hydrogen-bond donors (Lipinski definition) is 2. The fraction of sp³-hybridized carbons (Fsp3) is 0.286. The molecular weight excluding hydrogens is 192 g/mol. The van der Waals surface area contributed by atoms with Crippen LogP contribution in [-0.2, 0) is 9.59 Å². The summed E-state index contributed by atoms with van der Waals surface area (Å²) in [6.07, 6.45) is 1.39. The lowest BCUT2D eigenvalue weighted by molar-refractivity contribution is -0.138. The molecule has 70 valence electrons. The topological polar surface area (TPSA) is 79.3 Å². The number of carboxylic acids is 1. The van der Waals surface area contributed by atoms with E-state index in [0.29, 0.717) is 5.13 Å². The highest BCUT2D eigenvalue weighted by molar-refractivity contribution is 7.13. The number of carbonyl (C=O) groups excluding carboxylic acids is 1. The molecule has 0 fully saturated rings. The summed E-state index contributed by atoms with van der Waals surface area (Å²) in [7, 11) is 0. The van der Waals surface area contributed by atoms with Crippen molar-refractivity contribution < 1.29 is 14.7 Å². The number of aliphatic carboxylic acids is 1. The third-order valence-electron chi connectivity index (χ3n) is 1.24. The van der Waals surface area contributed by atoms with Crippen LogP contribution < -0.4 is 5.32 Å². The molecular formula is C7H8N2O3S. The van der Waals surface area contributed by atoms with E-state index in [-0.39, 0.29) is 18.7 Å². The molecule has 1 aromatic rings. The lowest BCUT2D eigenvalue weighted by Crippen LogP contribution is -2.12. The standard InChI is InChI=1S/C7H8N2O3S/c10-5(1-2-6(11)12)9-7-8-3-4-13-7/h3-4H,1-2H2,(H,11,12)(H,8,9,10). The second-order valence-corrected chi connectivity index (χ2v) is 3.17. The molecule has 0 bridgehead atoms. The Kier molecular flexibility index (Phi) is 3.39. The molecule has 2 N–H and O–H groups in total. The van der Waals surface area contributed by atoms with Crippen molar-refractivity contribution in [3.63, 3.8) is 0 Å². The number of thiazole rings is 1. The monoisotopic (exact) mass is 200 g/mol. The number of carboxylic acid groups (broad SMARTS) is 1. The van der Waals surface area contributed by atoms with Crippen molar-refractivity contribution >= 4 is 28.3 Å². The number of anilines is 1. The van der Waals surface area contributed by atoms with Gasteiger partial charge in [-0.1, -0.05) is 0 Å². The van der Waals surface area contributed by atoms with Crippen LogP contribution in [0.2, 0.25) is 0 Å². The van der Waals surface area contributed by atoms with Crippen LogP contribution in [0.5, 0.6) is 0 Å². The predicted molar refractivity (Wildman–Crippen MR) is 47.6 cm³/mol. The molecule has 0 saturated heterocycles. The molecule has 0 aliphatic heterocycles. The fourth-order valence-corrected chi connectivity index (χ4v) is 1.23. The predicted octanol–water partition coefficient (Wildman–Crippen LogP) is 0.946. The van der Waals surface area contributed by atoms with E-state index in [1.54, 1.807) is 11.6 Å². The fourth-order valence-electron chi connectivity index (χ4n) is 0.687. The van der Waals surface area contributed by atoms with E-state index in [4.69, 9.17) is 5.11 Å². The van der Waals surface area contributed by atoms with Crippen LogP contribution in [0.4, 0.5) is 5.13 Å². The molecule has 1 heterocycles. The molecule has 6 heteroatoms. The Hall–Kier alpha value is -1.43. The van der Waals surface area contributed by atoms with Gasteiger partial charge in [0.25, 0.3) is 0 Å². The second kappa shape index (κ2) is 4.56. The lowest BCUT2D eigenvalue weighted by Gasteiger charge is -1.97. The van der Waals surface area contributed by atoms with Gasteiger partial charge in [0.2, 0.25) is 5.91 Å². The highest BCUT2D eigenvalue weighted by Gasteiger charge is 2.06. The average molecular weight is 200 g/mol. The largest absolute Gasteiger partial charge is 0.481 e. The summed E-state index contributed by atoms with van der Waals surface area (Å²) in [5, 5.41) is 13.0. The Morgan fingerprint density at radius 1 is 1.54 bits per heavy atom. The molecule has 13 heavy (non-hydrogen) atoms. The van der Waals surface area contributed by atoms with Gasteiger partial charge in [-0.2, -0.15) is 0 Å². The van der Waals surface area contributed by atoms with E-state index < -0.39 is 5.97 Å². The van der Waals surface area contributed by atoms with Gasteiger partial charge in [0, 0.05) is 18.0 Å². The van der Waals surface area contributed by atoms with Crippen molar-refractivity contribution in [2.75, 3.05) is 5.32 Å². The van der Waals surface area contributed by atoms with Crippen molar-refractivity contribution in [1.82, 2.24) is 4.98 Å². The van der Waals surface area contributed by atoms with Crippen LogP contribution in [0, 0.1) is 0 Å². The highest BCUT2D eigenvalue weighted by Crippen LogP contribution is 2.10. The van der Waals surface area contributed by atoms with Crippen molar-refractivity contribution in [3.05, 3.63) is 11.6 Å². The molecule has 0 radical (unpaired) electrons. The molecule has 0 aromatic carbocycles. The number of nitrogens with zero attached hydrogens (tertiary/aromatic N) is 1. The first-order valence-corrected chi connectivity index (χ1v) is 4.47. The van der Waals surface area contributed by atoms with Crippen LogP contribution in [0.3, 0.4) is 0 Å². The zero-order chi connectivity index (χ0) is 9.68. The van der Waals surface area contributed by atoms with E-state index in [2.05, 4.69) is 10.3 Å². The minimum atomic E-state index is -0.978. The zero-order valence-corrected chi connectivity index (χ0v) is 7.50. The first-order valence-electron chi connectivity index (χ1n) is 3.59. The van der Waals surface area contributed by atoms with E-state index in [9.17, 15) is 9.59 Å². The molecule has 1 rings (SSSR count). The number of amides is 1. The normalized spacial score (nSPS) is 9.54. The highest BCUT2D eigenvalue weighted by atomic mass is 32.1. The Morgan fingerprint density at radius 3 is 2.85 bits per heavy atom. The molecule has 0 saturated carbocycles. The van der Waals surface area contributed by atoms with Gasteiger partial charge in [0.15, 0.2) is 5.13 Å². The van der Waals surface area contributed by atoms with Crippen molar-refractivity contribution in [3.8, 4) is 0 Å². The second-order valence-electron chi connectivity index (χ2n) is 2.28. The molecule has 0 aliphatic rings. The maximum absolute atomic E-state index is 11.0. The molecule has 1 aromatic heterocycles. The van der Waals surface area contributed by atoms with Gasteiger partial charge in [-0.05, 0) is 0 Å². The van der Waals surface area contributed by atoms with Gasteiger partial charge < -0.3 is 10.4 Å². The molecule has 0 unspecified atom stereocenters. The Bertz CT molecular complexity index is 297. The third-order valence-corrected chi connectivity index (χ3v) is 1.93. The first kappa shape index (κ1) is 9.66. The van der Waals surface area contributed by atoms with Crippen LogP contribution in [-0.4, -0.2) is 22.0 Å². The van der Waals surface area contributed by atoms with E-state index in [0.717, 1.165) is 0 Å². The number of carbonyl (C=O) groups is 2. The Balaban J connectivity index is 2.30. The minimum absolute atomic E-state index is 0.0189. The zero-order valence-electron chi connectivity index (χ0n) is 6.69. The lowest BCUT2D eigenvalue weighted by atomic mass is 10.3. The Labute approximate surface area is 78.4 Å². The third kappa shape index (κ3) is 3.66. The van der Waals surface area contributed by atoms with Gasteiger partial charge in [0.05, 0.1) is 6.42 Å². The molecule has 1 amide bonds. The number of nitrogens with one attached hydrogen (secondary N) is 1. The smallest absolute Gasteiger partial charge is 0.303 e. The summed E-state index contributed by atoms with van der Waals surface area (Å²) in [5.74, 6) is -1.30. The maximum atomic E-state index is 11.0. The van der Waals surface area contributed by atoms with Crippen LogP contribution >= 0.6 is 11.3 Å². The van der Waals surface area contributed by atoms with Crippen molar-refractivity contribution in [2.45, 2.75) is 12.8 Å². The summed E-state index contributed by atoms with van der Waals surface area (Å²) in [5.41, 5.74) is 0. The van der Waals surface area contributed by atoms with Crippen LogP contribution in [0.25, 0.3) is 0 Å². The Morgan fingerprint density at radius 2 is 2.31 bits per heavy atom. The van der Waals surface area contributed by atoms with Gasteiger partial charge >= 0.3 is 5.97 Å². The number of hydrogen-bond acceptors (Lipinski definition) is 4. The molecule has 0 aliphatic carbocycles. The van der Waals surface area contributed by atoms with E-state index in [1.807, 2.05) is 0 Å². The summed E-state index contributed by atoms with van der Waals surface area (Å²) in [4.78, 5) is 24.9. The average Bonchev–Trinajstić information content (AvgIpc) is 2.53. The molecule has 0 atom stereocenters. The van der Waals surface area contributed by atoms with Crippen molar-refractivity contribution in [1.29, 1.82) is 0 Å². The van der Waals surface area contributed by atoms with Gasteiger partial charge in [-0.3, -0.25) is 9.59 Å². The summed E-state index contributed by atoms with van der Waals surface area (Å²) >= 11 is 1.30. The van der Waals surface area contributed by atoms with Gasteiger partial charge in [-0.25, -0.2) is 4.98 Å². The molecule has 5 nitrogen and oxygen atoms in total. The minimum Gasteiger partial charge on any atom is -0.481 e. The van der Waals surface area contributed by atoms with Crippen LogP contribution in [0.15, 0.2) is 11.6 Å². The van der Waals surface area contributed by atoms with E-state index >= 15 is 0 Å². The van der Waals surface area contributed by atoms with Crippen molar-refractivity contribution in [2.24, 2.45) is 0 Å².